The lowest BCUT2D eigenvalue weighted by Crippen LogP contribution is -2.63. The van der Waals surface area contributed by atoms with E-state index in [4.69, 9.17) is 4.74 Å². The molecule has 0 bridgehead atoms. The van der Waals surface area contributed by atoms with Crippen LogP contribution in [0, 0.1) is 0 Å². The molecule has 0 saturated carbocycles. The van der Waals surface area contributed by atoms with Gasteiger partial charge in [-0.15, -0.1) is 0 Å². The number of rotatable bonds is 4. The van der Waals surface area contributed by atoms with Gasteiger partial charge in [-0.1, -0.05) is 30.3 Å². The van der Waals surface area contributed by atoms with Crippen molar-refractivity contribution in [3.63, 3.8) is 0 Å². The van der Waals surface area contributed by atoms with Crippen LogP contribution in [0.25, 0.3) is 0 Å². The molecule has 0 aliphatic carbocycles. The van der Waals surface area contributed by atoms with Crippen molar-refractivity contribution in [2.45, 2.75) is 37.9 Å². The van der Waals surface area contributed by atoms with Crippen molar-refractivity contribution in [1.29, 1.82) is 0 Å². The van der Waals surface area contributed by atoms with Crippen LogP contribution in [0.2, 0.25) is 0 Å². The second kappa shape index (κ2) is 6.52. The zero-order valence-electron chi connectivity index (χ0n) is 11.8. The third kappa shape index (κ3) is 3.57. The molecule has 1 aliphatic rings. The number of hydrogen-bond acceptors (Lipinski definition) is 4. The molecule has 5 nitrogen and oxygen atoms in total. The highest BCUT2D eigenvalue weighted by atomic mass is 16.5. The summed E-state index contributed by atoms with van der Waals surface area (Å²) < 4.78 is 4.69. The lowest BCUT2D eigenvalue weighted by molar-refractivity contribution is -0.142. The van der Waals surface area contributed by atoms with Gasteiger partial charge in [-0.05, 0) is 18.9 Å². The molecule has 1 aromatic rings. The average Bonchev–Trinajstić information content (AvgIpc) is 2.45. The van der Waals surface area contributed by atoms with Crippen molar-refractivity contribution in [1.82, 2.24) is 10.6 Å². The number of methoxy groups -OCH3 is 1. The van der Waals surface area contributed by atoms with Gasteiger partial charge in [0.05, 0.1) is 19.6 Å². The van der Waals surface area contributed by atoms with Gasteiger partial charge in [0.15, 0.2) is 0 Å². The third-order valence-corrected chi connectivity index (χ3v) is 3.60. The molecule has 1 amide bonds. The Morgan fingerprint density at radius 3 is 2.65 bits per heavy atom. The molecule has 2 N–H and O–H groups in total. The molecule has 3 atom stereocenters. The monoisotopic (exact) mass is 276 g/mol. The summed E-state index contributed by atoms with van der Waals surface area (Å²) in [5, 5.41) is 6.17. The molecular formula is C15H20N2O3. The highest BCUT2D eigenvalue weighted by Crippen LogP contribution is 2.12. The molecular weight excluding hydrogens is 256 g/mol. The van der Waals surface area contributed by atoms with Crippen LogP contribution >= 0.6 is 0 Å². The van der Waals surface area contributed by atoms with E-state index in [1.807, 2.05) is 37.3 Å². The molecule has 1 aromatic carbocycles. The number of esters is 1. The van der Waals surface area contributed by atoms with Gasteiger partial charge >= 0.3 is 5.97 Å². The quantitative estimate of drug-likeness (QED) is 0.792. The van der Waals surface area contributed by atoms with E-state index in [2.05, 4.69) is 10.6 Å². The van der Waals surface area contributed by atoms with E-state index in [0.29, 0.717) is 6.42 Å². The topological polar surface area (TPSA) is 67.4 Å². The second-order valence-electron chi connectivity index (χ2n) is 5.09. The van der Waals surface area contributed by atoms with Gasteiger partial charge in [0.2, 0.25) is 5.91 Å². The van der Waals surface area contributed by atoms with Gasteiger partial charge in [-0.3, -0.25) is 9.59 Å². The molecule has 0 aromatic heterocycles. The van der Waals surface area contributed by atoms with Crippen LogP contribution in [0.15, 0.2) is 30.3 Å². The van der Waals surface area contributed by atoms with E-state index in [-0.39, 0.29) is 36.4 Å². The predicted octanol–water partition coefficient (Wildman–Crippen LogP) is 0.637. The van der Waals surface area contributed by atoms with Crippen molar-refractivity contribution < 1.29 is 14.3 Å². The molecule has 2 rings (SSSR count). The van der Waals surface area contributed by atoms with Crippen LogP contribution in [0.4, 0.5) is 0 Å². The van der Waals surface area contributed by atoms with Crippen molar-refractivity contribution in [3.8, 4) is 0 Å². The summed E-state index contributed by atoms with van der Waals surface area (Å²) in [6.07, 6.45) is 0.861. The maximum Gasteiger partial charge on any atom is 0.307 e. The van der Waals surface area contributed by atoms with Crippen LogP contribution in [-0.4, -0.2) is 37.1 Å². The Morgan fingerprint density at radius 1 is 1.30 bits per heavy atom. The van der Waals surface area contributed by atoms with Gasteiger partial charge in [-0.2, -0.15) is 0 Å². The molecule has 1 fully saturated rings. The van der Waals surface area contributed by atoms with Crippen LogP contribution in [0.5, 0.6) is 0 Å². The summed E-state index contributed by atoms with van der Waals surface area (Å²) in [5.41, 5.74) is 1.09. The Labute approximate surface area is 118 Å². The fraction of sp³-hybridized carbons (Fsp3) is 0.467. The number of ether oxygens (including phenoxy) is 1. The third-order valence-electron chi connectivity index (χ3n) is 3.60. The molecule has 0 radical (unpaired) electrons. The Bertz CT molecular complexity index is 475. The summed E-state index contributed by atoms with van der Waals surface area (Å²) >= 11 is 0. The van der Waals surface area contributed by atoms with Gasteiger partial charge in [-0.25, -0.2) is 0 Å². The van der Waals surface area contributed by atoms with E-state index in [9.17, 15) is 9.59 Å². The number of amides is 1. The molecule has 20 heavy (non-hydrogen) atoms. The first-order chi connectivity index (χ1) is 9.60. The fourth-order valence-corrected chi connectivity index (χ4v) is 2.40. The van der Waals surface area contributed by atoms with Crippen molar-refractivity contribution in [3.05, 3.63) is 35.9 Å². The van der Waals surface area contributed by atoms with Crippen molar-refractivity contribution >= 4 is 11.9 Å². The number of piperazine rings is 1. The molecule has 1 heterocycles. The summed E-state index contributed by atoms with van der Waals surface area (Å²) in [5.74, 6) is -0.300. The molecule has 108 valence electrons. The van der Waals surface area contributed by atoms with E-state index >= 15 is 0 Å². The zero-order chi connectivity index (χ0) is 14.5. The minimum atomic E-state index is -0.316. The number of benzene rings is 1. The van der Waals surface area contributed by atoms with Crippen LogP contribution in [-0.2, 0) is 20.7 Å². The lowest BCUT2D eigenvalue weighted by Gasteiger charge is -2.35. The van der Waals surface area contributed by atoms with E-state index in [0.717, 1.165) is 5.56 Å². The number of carbonyl (C=O) groups excluding carboxylic acids is 2. The molecule has 1 saturated heterocycles. The molecule has 5 heteroatoms. The van der Waals surface area contributed by atoms with E-state index in [1.165, 1.54) is 7.11 Å². The fourth-order valence-electron chi connectivity index (χ4n) is 2.40. The summed E-state index contributed by atoms with van der Waals surface area (Å²) in [7, 11) is 1.37. The molecule has 0 unspecified atom stereocenters. The SMILES string of the molecule is COC(=O)C[C@@H]1N[C@@H](Cc2ccccc2)C(=O)N[C@H]1C. The Kier molecular flexibility index (Phi) is 4.74. The first-order valence-corrected chi connectivity index (χ1v) is 6.77. The number of nitrogens with one attached hydrogen (secondary N) is 2. The van der Waals surface area contributed by atoms with Crippen LogP contribution < -0.4 is 10.6 Å². The van der Waals surface area contributed by atoms with E-state index in [1.54, 1.807) is 0 Å². The van der Waals surface area contributed by atoms with Gasteiger partial charge in [0.25, 0.3) is 0 Å². The van der Waals surface area contributed by atoms with Crippen LogP contribution in [0.1, 0.15) is 18.9 Å². The van der Waals surface area contributed by atoms with Crippen molar-refractivity contribution in [2.24, 2.45) is 0 Å². The number of carbonyl (C=O) groups is 2. The summed E-state index contributed by atoms with van der Waals surface area (Å²) in [6.45, 7) is 1.89. The second-order valence-corrected chi connectivity index (χ2v) is 5.09. The summed E-state index contributed by atoms with van der Waals surface area (Å²) in [6, 6.07) is 9.31. The van der Waals surface area contributed by atoms with Gasteiger partial charge in [0, 0.05) is 12.1 Å². The predicted molar refractivity (Wildman–Crippen MR) is 75.1 cm³/mol. The average molecular weight is 276 g/mol. The first kappa shape index (κ1) is 14.5. The lowest BCUT2D eigenvalue weighted by atomic mass is 9.96. The van der Waals surface area contributed by atoms with Gasteiger partial charge in [0.1, 0.15) is 0 Å². The maximum atomic E-state index is 12.0. The number of hydrogen-bond donors (Lipinski definition) is 2. The van der Waals surface area contributed by atoms with E-state index < -0.39 is 0 Å². The molecule has 0 spiro atoms. The Hall–Kier alpha value is -1.88. The highest BCUT2D eigenvalue weighted by molar-refractivity contribution is 5.83. The smallest absolute Gasteiger partial charge is 0.307 e. The first-order valence-electron chi connectivity index (χ1n) is 6.77. The van der Waals surface area contributed by atoms with Gasteiger partial charge < -0.3 is 15.4 Å². The summed E-state index contributed by atoms with van der Waals surface area (Å²) in [4.78, 5) is 23.4. The minimum absolute atomic E-state index is 0.0255. The minimum Gasteiger partial charge on any atom is -0.469 e. The zero-order valence-corrected chi connectivity index (χ0v) is 11.8. The Balaban J connectivity index is 2.01. The Morgan fingerprint density at radius 2 is 2.00 bits per heavy atom. The highest BCUT2D eigenvalue weighted by Gasteiger charge is 2.33. The molecule has 1 aliphatic heterocycles. The van der Waals surface area contributed by atoms with Crippen molar-refractivity contribution in [2.75, 3.05) is 7.11 Å². The standard InChI is InChI=1S/C15H20N2O3/c1-10-12(9-14(18)20-2)17-13(15(19)16-10)8-11-6-4-3-5-7-11/h3-7,10,12-13,17H,8-9H2,1-2H3,(H,16,19)/t10-,12-,13-/m0/s1. The van der Waals surface area contributed by atoms with Crippen LogP contribution in [0.3, 0.4) is 0 Å². The normalized spacial score (nSPS) is 25.9. The maximum absolute atomic E-state index is 12.0. The largest absolute Gasteiger partial charge is 0.469 e.